The molecule has 0 aromatic carbocycles. The number of rotatable bonds is 5. The molecule has 0 aliphatic heterocycles. The summed E-state index contributed by atoms with van der Waals surface area (Å²) in [5.41, 5.74) is 3.88. The fourth-order valence-corrected chi connectivity index (χ4v) is 1.66. The second kappa shape index (κ2) is 6.39. The molecule has 0 bridgehead atoms. The van der Waals surface area contributed by atoms with Crippen LogP contribution in [0.25, 0.3) is 0 Å². The molecule has 5 nitrogen and oxygen atoms in total. The molecule has 0 saturated carbocycles. The summed E-state index contributed by atoms with van der Waals surface area (Å²) in [4.78, 5) is 9.06. The zero-order valence-electron chi connectivity index (χ0n) is 13.8. The third kappa shape index (κ3) is 4.07. The molecular weight excluding hydrogens is 250 g/mol. The molecule has 0 spiro atoms. The Morgan fingerprint density at radius 1 is 1.10 bits per heavy atom. The summed E-state index contributed by atoms with van der Waals surface area (Å²) in [6, 6.07) is 0. The van der Waals surface area contributed by atoms with Crippen LogP contribution in [0.5, 0.6) is 0 Å². The Morgan fingerprint density at radius 2 is 1.65 bits per heavy atom. The van der Waals surface area contributed by atoms with E-state index in [-0.39, 0.29) is 11.3 Å². The maximum absolute atomic E-state index is 5.55. The van der Waals surface area contributed by atoms with Crippen molar-refractivity contribution in [2.24, 2.45) is 17.2 Å². The van der Waals surface area contributed by atoms with Gasteiger partial charge in [-0.25, -0.2) is 15.8 Å². The Morgan fingerprint density at radius 3 is 2.10 bits per heavy atom. The number of hydrazine groups is 1. The van der Waals surface area contributed by atoms with E-state index in [4.69, 9.17) is 5.84 Å². The average Bonchev–Trinajstić information content (AvgIpc) is 2.35. The van der Waals surface area contributed by atoms with Crippen LogP contribution >= 0.6 is 0 Å². The van der Waals surface area contributed by atoms with E-state index in [1.807, 2.05) is 6.92 Å². The Bertz CT molecular complexity index is 448. The van der Waals surface area contributed by atoms with Crippen LogP contribution in [-0.4, -0.2) is 16.5 Å². The van der Waals surface area contributed by atoms with Crippen LogP contribution in [0.15, 0.2) is 0 Å². The van der Waals surface area contributed by atoms with Gasteiger partial charge in [-0.1, -0.05) is 41.5 Å². The van der Waals surface area contributed by atoms with Crippen LogP contribution in [0, 0.1) is 18.3 Å². The highest BCUT2D eigenvalue weighted by Gasteiger charge is 2.20. The number of anilines is 2. The molecule has 0 fully saturated rings. The smallest absolute Gasteiger partial charge is 0.148 e. The van der Waals surface area contributed by atoms with Crippen molar-refractivity contribution in [3.05, 3.63) is 11.4 Å². The van der Waals surface area contributed by atoms with Gasteiger partial charge < -0.3 is 10.7 Å². The molecule has 0 saturated heterocycles. The highest BCUT2D eigenvalue weighted by Crippen LogP contribution is 2.27. The minimum Gasteiger partial charge on any atom is -0.369 e. The lowest BCUT2D eigenvalue weighted by atomic mass is 9.82. The Kier molecular flexibility index (Phi) is 5.34. The maximum atomic E-state index is 5.55. The van der Waals surface area contributed by atoms with Crippen molar-refractivity contribution in [2.45, 2.75) is 54.4 Å². The third-order valence-electron chi connectivity index (χ3n) is 3.87. The minimum atomic E-state index is 0.267. The quantitative estimate of drug-likeness (QED) is 0.569. The van der Waals surface area contributed by atoms with Gasteiger partial charge >= 0.3 is 0 Å². The molecule has 1 rings (SSSR count). The van der Waals surface area contributed by atoms with Crippen LogP contribution in [0.3, 0.4) is 0 Å². The molecule has 1 unspecified atom stereocenters. The van der Waals surface area contributed by atoms with E-state index >= 15 is 0 Å². The maximum Gasteiger partial charge on any atom is 0.148 e. The fourth-order valence-electron chi connectivity index (χ4n) is 1.66. The fraction of sp³-hybridized carbons (Fsp3) is 0.733. The van der Waals surface area contributed by atoms with Gasteiger partial charge in [0.2, 0.25) is 0 Å². The number of nitrogens with one attached hydrogen (secondary N) is 2. The summed E-state index contributed by atoms with van der Waals surface area (Å²) >= 11 is 0. The first kappa shape index (κ1) is 16.7. The summed E-state index contributed by atoms with van der Waals surface area (Å²) in [6.07, 6.45) is 0. The lowest BCUT2D eigenvalue weighted by Crippen LogP contribution is -2.26. The topological polar surface area (TPSA) is 75.9 Å². The molecule has 1 aromatic heterocycles. The van der Waals surface area contributed by atoms with Gasteiger partial charge in [0.15, 0.2) is 0 Å². The van der Waals surface area contributed by atoms with Gasteiger partial charge in [0.1, 0.15) is 17.5 Å². The van der Waals surface area contributed by atoms with Gasteiger partial charge in [-0.3, -0.25) is 0 Å². The van der Waals surface area contributed by atoms with Crippen molar-refractivity contribution in [2.75, 3.05) is 17.3 Å². The molecular formula is C15H29N5. The van der Waals surface area contributed by atoms with E-state index < -0.39 is 0 Å². The second-order valence-electron chi connectivity index (χ2n) is 6.85. The summed E-state index contributed by atoms with van der Waals surface area (Å²) in [7, 11) is 0. The Hall–Kier alpha value is -1.36. The molecule has 0 radical (unpaired) electrons. The predicted molar refractivity (Wildman–Crippen MR) is 85.8 cm³/mol. The van der Waals surface area contributed by atoms with Crippen LogP contribution in [0.2, 0.25) is 0 Å². The van der Waals surface area contributed by atoms with Gasteiger partial charge in [-0.15, -0.1) is 0 Å². The molecule has 4 N–H and O–H groups in total. The third-order valence-corrected chi connectivity index (χ3v) is 3.87. The number of nitrogen functional groups attached to an aromatic ring is 1. The largest absolute Gasteiger partial charge is 0.369 e. The summed E-state index contributed by atoms with van der Waals surface area (Å²) in [6.45, 7) is 16.0. The van der Waals surface area contributed by atoms with Crippen molar-refractivity contribution in [1.82, 2.24) is 9.97 Å². The van der Waals surface area contributed by atoms with Crippen LogP contribution in [0.1, 0.15) is 58.8 Å². The van der Waals surface area contributed by atoms with Crippen molar-refractivity contribution < 1.29 is 0 Å². The number of nitrogens with two attached hydrogens (primary N) is 1. The van der Waals surface area contributed by atoms with Gasteiger partial charge in [0.05, 0.1) is 0 Å². The lowest BCUT2D eigenvalue weighted by molar-refractivity contribution is 0.274. The molecule has 1 aromatic rings. The molecule has 1 atom stereocenters. The molecule has 114 valence electrons. The van der Waals surface area contributed by atoms with E-state index in [0.29, 0.717) is 11.7 Å². The lowest BCUT2D eigenvalue weighted by Gasteiger charge is -2.28. The number of hydrogen-bond donors (Lipinski definition) is 3. The zero-order valence-corrected chi connectivity index (χ0v) is 13.8. The first-order chi connectivity index (χ1) is 9.16. The molecule has 0 amide bonds. The van der Waals surface area contributed by atoms with Crippen molar-refractivity contribution >= 4 is 11.6 Å². The summed E-state index contributed by atoms with van der Waals surface area (Å²) in [5.74, 6) is 8.71. The standard InChI is InChI=1S/C15H29N5/c1-9(2)12-18-13(11(4)14(19-12)20-16)17-8-10(3)15(5,6)7/h9-10H,8,16H2,1-7H3,(H2,17,18,19,20). The molecule has 20 heavy (non-hydrogen) atoms. The van der Waals surface area contributed by atoms with Crippen molar-refractivity contribution in [3.8, 4) is 0 Å². The highest BCUT2D eigenvalue weighted by atomic mass is 15.3. The van der Waals surface area contributed by atoms with Gasteiger partial charge in [-0.2, -0.15) is 0 Å². The first-order valence-electron chi connectivity index (χ1n) is 7.25. The van der Waals surface area contributed by atoms with Crippen LogP contribution in [0.4, 0.5) is 11.6 Å². The van der Waals surface area contributed by atoms with E-state index in [0.717, 1.165) is 23.8 Å². The molecule has 5 heteroatoms. The normalized spacial score (nSPS) is 13.4. The predicted octanol–water partition coefficient (Wildman–Crippen LogP) is 3.29. The van der Waals surface area contributed by atoms with Crippen LogP contribution < -0.4 is 16.6 Å². The second-order valence-corrected chi connectivity index (χ2v) is 6.85. The highest BCUT2D eigenvalue weighted by molar-refractivity contribution is 5.56. The van der Waals surface area contributed by atoms with Gasteiger partial charge in [0, 0.05) is 18.0 Å². The van der Waals surface area contributed by atoms with E-state index in [9.17, 15) is 0 Å². The summed E-state index contributed by atoms with van der Waals surface area (Å²) < 4.78 is 0. The van der Waals surface area contributed by atoms with E-state index in [1.54, 1.807) is 0 Å². The minimum absolute atomic E-state index is 0.267. The SMILES string of the molecule is Cc1c(NN)nc(C(C)C)nc1NCC(C)C(C)(C)C. The monoisotopic (exact) mass is 279 g/mol. The van der Waals surface area contributed by atoms with Crippen molar-refractivity contribution in [1.29, 1.82) is 0 Å². The zero-order chi connectivity index (χ0) is 15.5. The molecule has 1 heterocycles. The summed E-state index contributed by atoms with van der Waals surface area (Å²) in [5, 5.41) is 3.44. The van der Waals surface area contributed by atoms with Gasteiger partial charge in [0.25, 0.3) is 0 Å². The van der Waals surface area contributed by atoms with Crippen LogP contribution in [-0.2, 0) is 0 Å². The number of aromatic nitrogens is 2. The Balaban J connectivity index is 2.97. The number of nitrogens with zero attached hydrogens (tertiary/aromatic N) is 2. The average molecular weight is 279 g/mol. The van der Waals surface area contributed by atoms with E-state index in [1.165, 1.54) is 0 Å². The molecule has 0 aliphatic carbocycles. The van der Waals surface area contributed by atoms with Gasteiger partial charge in [-0.05, 0) is 18.3 Å². The van der Waals surface area contributed by atoms with Crippen molar-refractivity contribution in [3.63, 3.8) is 0 Å². The molecule has 0 aliphatic rings. The first-order valence-corrected chi connectivity index (χ1v) is 7.25. The Labute approximate surface area is 122 Å². The number of hydrogen-bond acceptors (Lipinski definition) is 5. The van der Waals surface area contributed by atoms with E-state index in [2.05, 4.69) is 62.3 Å².